The van der Waals surface area contributed by atoms with Gasteiger partial charge in [0.1, 0.15) is 26.4 Å². The van der Waals surface area contributed by atoms with Crippen molar-refractivity contribution in [2.24, 2.45) is 5.16 Å². The molecule has 6 heteroatoms. The first kappa shape index (κ1) is 15.6. The molecule has 0 saturated heterocycles. The third-order valence-electron chi connectivity index (χ3n) is 4.25. The van der Waals surface area contributed by atoms with E-state index in [2.05, 4.69) is 5.16 Å². The Morgan fingerprint density at radius 1 is 0.800 bits per heavy atom. The van der Waals surface area contributed by atoms with Crippen LogP contribution in [0.5, 0.6) is 23.0 Å². The Morgan fingerprint density at radius 3 is 2.08 bits per heavy atom. The first-order valence-electron chi connectivity index (χ1n) is 8.33. The van der Waals surface area contributed by atoms with Crippen molar-refractivity contribution in [3.63, 3.8) is 0 Å². The smallest absolute Gasteiger partial charge is 0.162 e. The maximum Gasteiger partial charge on any atom is 0.162 e. The van der Waals surface area contributed by atoms with Crippen LogP contribution in [-0.4, -0.2) is 37.3 Å². The Labute approximate surface area is 145 Å². The Hall–Kier alpha value is -2.89. The molecule has 0 amide bonds. The number of oxime groups is 1. The average molecular weight is 341 g/mol. The van der Waals surface area contributed by atoms with Crippen LogP contribution in [0.15, 0.2) is 41.6 Å². The van der Waals surface area contributed by atoms with Crippen molar-refractivity contribution in [1.82, 2.24) is 0 Å². The Kier molecular flexibility index (Phi) is 4.33. The quantitative estimate of drug-likeness (QED) is 0.526. The molecule has 6 nitrogen and oxygen atoms in total. The third-order valence-corrected chi connectivity index (χ3v) is 4.25. The number of rotatable bonds is 4. The van der Waals surface area contributed by atoms with Gasteiger partial charge in [0.2, 0.25) is 0 Å². The van der Waals surface area contributed by atoms with Gasteiger partial charge in [-0.2, -0.15) is 0 Å². The van der Waals surface area contributed by atoms with Crippen LogP contribution in [0.1, 0.15) is 17.5 Å². The van der Waals surface area contributed by atoms with Crippen LogP contribution in [-0.2, 0) is 6.42 Å². The van der Waals surface area contributed by atoms with Gasteiger partial charge in [0, 0.05) is 5.56 Å². The summed E-state index contributed by atoms with van der Waals surface area (Å²) < 4.78 is 22.3. The third kappa shape index (κ3) is 3.33. The van der Waals surface area contributed by atoms with E-state index in [9.17, 15) is 5.21 Å². The number of benzene rings is 2. The van der Waals surface area contributed by atoms with E-state index in [0.717, 1.165) is 34.8 Å². The molecule has 0 spiro atoms. The minimum absolute atomic E-state index is 0.527. The fourth-order valence-corrected chi connectivity index (χ4v) is 2.98. The van der Waals surface area contributed by atoms with Gasteiger partial charge in [-0.3, -0.25) is 0 Å². The van der Waals surface area contributed by atoms with Crippen molar-refractivity contribution in [3.8, 4) is 23.0 Å². The molecule has 0 fully saturated rings. The molecule has 1 N–H and O–H groups in total. The standard InChI is InChI=1S/C19H19NO5/c21-20-15(14-3-6-17-19(12-14)25-10-8-23-17)4-1-13-2-5-16-18(11-13)24-9-7-22-16/h2-3,5-6,11-12,21H,1,4,7-10H2. The van der Waals surface area contributed by atoms with E-state index >= 15 is 0 Å². The van der Waals surface area contributed by atoms with Crippen molar-refractivity contribution in [3.05, 3.63) is 47.5 Å². The first-order valence-corrected chi connectivity index (χ1v) is 8.33. The van der Waals surface area contributed by atoms with E-state index in [1.807, 2.05) is 36.4 Å². The SMILES string of the molecule is ON=C(CCc1ccc2c(c1)OCCO2)c1ccc2c(c1)OCCO2. The van der Waals surface area contributed by atoms with E-state index in [-0.39, 0.29) is 0 Å². The van der Waals surface area contributed by atoms with Crippen LogP contribution in [0.25, 0.3) is 0 Å². The van der Waals surface area contributed by atoms with Gasteiger partial charge in [-0.15, -0.1) is 0 Å². The second kappa shape index (κ2) is 6.93. The summed E-state index contributed by atoms with van der Waals surface area (Å²) in [4.78, 5) is 0. The summed E-state index contributed by atoms with van der Waals surface area (Å²) in [7, 11) is 0. The summed E-state index contributed by atoms with van der Waals surface area (Å²) in [6.45, 7) is 2.23. The second-order valence-electron chi connectivity index (χ2n) is 5.88. The predicted octanol–water partition coefficient (Wildman–Crippen LogP) is 3.04. The molecule has 2 aromatic carbocycles. The summed E-state index contributed by atoms with van der Waals surface area (Å²) in [5, 5.41) is 12.9. The van der Waals surface area contributed by atoms with Crippen molar-refractivity contribution in [1.29, 1.82) is 0 Å². The first-order chi connectivity index (χ1) is 12.3. The molecule has 2 aromatic rings. The summed E-state index contributed by atoms with van der Waals surface area (Å²) >= 11 is 0. The highest BCUT2D eigenvalue weighted by molar-refractivity contribution is 6.00. The molecule has 0 radical (unpaired) electrons. The van der Waals surface area contributed by atoms with Crippen LogP contribution in [0.2, 0.25) is 0 Å². The highest BCUT2D eigenvalue weighted by atomic mass is 16.6. The molecular weight excluding hydrogens is 322 g/mol. The van der Waals surface area contributed by atoms with Gasteiger partial charge in [0.25, 0.3) is 0 Å². The highest BCUT2D eigenvalue weighted by Crippen LogP contribution is 2.33. The minimum Gasteiger partial charge on any atom is -0.486 e. The largest absolute Gasteiger partial charge is 0.486 e. The number of aryl methyl sites for hydroxylation is 1. The number of nitrogens with zero attached hydrogens (tertiary/aromatic N) is 1. The molecule has 0 aliphatic carbocycles. The maximum absolute atomic E-state index is 9.42. The van der Waals surface area contributed by atoms with Crippen molar-refractivity contribution >= 4 is 5.71 Å². The number of hydrogen-bond acceptors (Lipinski definition) is 6. The van der Waals surface area contributed by atoms with Gasteiger partial charge in [0.05, 0.1) is 5.71 Å². The van der Waals surface area contributed by atoms with Crippen LogP contribution in [0.4, 0.5) is 0 Å². The lowest BCUT2D eigenvalue weighted by Crippen LogP contribution is -2.16. The number of ether oxygens (including phenoxy) is 4. The molecule has 0 saturated carbocycles. The van der Waals surface area contributed by atoms with Crippen LogP contribution in [0.3, 0.4) is 0 Å². The molecule has 2 heterocycles. The lowest BCUT2D eigenvalue weighted by Gasteiger charge is -2.19. The topological polar surface area (TPSA) is 69.5 Å². The molecule has 2 aliphatic rings. The second-order valence-corrected chi connectivity index (χ2v) is 5.88. The van der Waals surface area contributed by atoms with Crippen LogP contribution < -0.4 is 18.9 Å². The summed E-state index contributed by atoms with van der Waals surface area (Å²) in [5.41, 5.74) is 2.53. The number of hydrogen-bond donors (Lipinski definition) is 1. The van der Waals surface area contributed by atoms with E-state index in [1.165, 1.54) is 0 Å². The van der Waals surface area contributed by atoms with Gasteiger partial charge in [-0.25, -0.2) is 0 Å². The zero-order valence-electron chi connectivity index (χ0n) is 13.7. The van der Waals surface area contributed by atoms with Gasteiger partial charge < -0.3 is 24.2 Å². The van der Waals surface area contributed by atoms with E-state index < -0.39 is 0 Å². The van der Waals surface area contributed by atoms with Crippen molar-refractivity contribution < 1.29 is 24.2 Å². The molecule has 130 valence electrons. The monoisotopic (exact) mass is 341 g/mol. The normalized spacial score (nSPS) is 15.8. The average Bonchev–Trinajstić information content (AvgIpc) is 2.68. The zero-order valence-corrected chi connectivity index (χ0v) is 13.7. The molecule has 0 aromatic heterocycles. The van der Waals surface area contributed by atoms with Crippen molar-refractivity contribution in [2.75, 3.05) is 26.4 Å². The lowest BCUT2D eigenvalue weighted by atomic mass is 10.0. The van der Waals surface area contributed by atoms with Crippen LogP contribution in [0, 0.1) is 0 Å². The van der Waals surface area contributed by atoms with Crippen molar-refractivity contribution in [2.45, 2.75) is 12.8 Å². The van der Waals surface area contributed by atoms with E-state index in [0.29, 0.717) is 44.3 Å². The molecule has 0 bridgehead atoms. The Bertz CT molecular complexity index is 802. The van der Waals surface area contributed by atoms with Gasteiger partial charge in [-0.1, -0.05) is 11.2 Å². The van der Waals surface area contributed by atoms with Crippen LogP contribution >= 0.6 is 0 Å². The fourth-order valence-electron chi connectivity index (χ4n) is 2.98. The maximum atomic E-state index is 9.42. The lowest BCUT2D eigenvalue weighted by molar-refractivity contribution is 0.171. The van der Waals surface area contributed by atoms with Gasteiger partial charge >= 0.3 is 0 Å². The fraction of sp³-hybridized carbons (Fsp3) is 0.316. The Morgan fingerprint density at radius 2 is 1.40 bits per heavy atom. The molecule has 25 heavy (non-hydrogen) atoms. The van der Waals surface area contributed by atoms with E-state index in [4.69, 9.17) is 18.9 Å². The molecular formula is C19H19NO5. The summed E-state index contributed by atoms with van der Waals surface area (Å²) in [6, 6.07) is 11.5. The Balaban J connectivity index is 1.47. The summed E-state index contributed by atoms with van der Waals surface area (Å²) in [5.74, 6) is 2.95. The van der Waals surface area contributed by atoms with Gasteiger partial charge in [0.15, 0.2) is 23.0 Å². The van der Waals surface area contributed by atoms with E-state index in [1.54, 1.807) is 0 Å². The molecule has 2 aliphatic heterocycles. The van der Waals surface area contributed by atoms with Gasteiger partial charge in [-0.05, 0) is 48.7 Å². The number of fused-ring (bicyclic) bond motifs is 2. The molecule has 4 rings (SSSR count). The molecule has 0 atom stereocenters. The zero-order chi connectivity index (χ0) is 17.1. The molecule has 0 unspecified atom stereocenters. The predicted molar refractivity (Wildman–Crippen MR) is 91.5 cm³/mol. The highest BCUT2D eigenvalue weighted by Gasteiger charge is 2.15. The summed E-state index contributed by atoms with van der Waals surface area (Å²) in [6.07, 6.45) is 1.32. The minimum atomic E-state index is 0.527.